The number of carboxylic acids is 1. The maximum atomic E-state index is 12.5. The van der Waals surface area contributed by atoms with E-state index in [1.807, 2.05) is 4.90 Å². The van der Waals surface area contributed by atoms with Crippen LogP contribution in [0.1, 0.15) is 45.8 Å². The van der Waals surface area contributed by atoms with Gasteiger partial charge in [-0.15, -0.1) is 0 Å². The molecule has 25 heavy (non-hydrogen) atoms. The summed E-state index contributed by atoms with van der Waals surface area (Å²) in [4.78, 5) is 25.3. The van der Waals surface area contributed by atoms with Crippen LogP contribution in [0.3, 0.4) is 0 Å². The van der Waals surface area contributed by atoms with E-state index < -0.39 is 5.97 Å². The second-order valence-electron chi connectivity index (χ2n) is 6.69. The first kappa shape index (κ1) is 17.2. The van der Waals surface area contributed by atoms with Crippen molar-refractivity contribution in [2.45, 2.75) is 32.1 Å². The van der Waals surface area contributed by atoms with E-state index in [4.69, 9.17) is 5.11 Å². The maximum absolute atomic E-state index is 12.5. The van der Waals surface area contributed by atoms with Crippen molar-refractivity contribution in [2.24, 2.45) is 0 Å². The zero-order valence-corrected chi connectivity index (χ0v) is 14.4. The van der Waals surface area contributed by atoms with E-state index in [1.165, 1.54) is 11.1 Å². The van der Waals surface area contributed by atoms with Crippen LogP contribution < -0.4 is 0 Å². The van der Waals surface area contributed by atoms with Gasteiger partial charge in [0, 0.05) is 13.1 Å². The molecule has 2 aromatic carbocycles. The quantitative estimate of drug-likeness (QED) is 0.926. The smallest absolute Gasteiger partial charge is 0.335 e. The van der Waals surface area contributed by atoms with Gasteiger partial charge >= 0.3 is 5.97 Å². The summed E-state index contributed by atoms with van der Waals surface area (Å²) in [5.74, 6) is -0.303. The molecule has 2 aromatic rings. The highest BCUT2D eigenvalue weighted by molar-refractivity contribution is 5.87. The fourth-order valence-electron chi connectivity index (χ4n) is 3.54. The number of likely N-dealkylation sites (tertiary alicyclic amines) is 1. The van der Waals surface area contributed by atoms with Crippen molar-refractivity contribution in [3.05, 3.63) is 70.8 Å². The van der Waals surface area contributed by atoms with Gasteiger partial charge in [0.2, 0.25) is 5.91 Å². The summed E-state index contributed by atoms with van der Waals surface area (Å²) in [5, 5.41) is 8.92. The van der Waals surface area contributed by atoms with E-state index in [0.29, 0.717) is 12.3 Å². The molecule has 1 aliphatic rings. The molecule has 4 heteroatoms. The third kappa shape index (κ3) is 4.08. The van der Waals surface area contributed by atoms with Gasteiger partial charge in [0.1, 0.15) is 0 Å². The highest BCUT2D eigenvalue weighted by Crippen LogP contribution is 2.30. The van der Waals surface area contributed by atoms with Crippen LogP contribution in [0.25, 0.3) is 0 Å². The van der Waals surface area contributed by atoms with Gasteiger partial charge in [0.05, 0.1) is 12.0 Å². The minimum Gasteiger partial charge on any atom is -0.478 e. The Morgan fingerprint density at radius 1 is 1.04 bits per heavy atom. The van der Waals surface area contributed by atoms with Crippen LogP contribution in [-0.4, -0.2) is 35.0 Å². The van der Waals surface area contributed by atoms with Crippen molar-refractivity contribution in [1.82, 2.24) is 4.90 Å². The zero-order chi connectivity index (χ0) is 17.8. The summed E-state index contributed by atoms with van der Waals surface area (Å²) in [6, 6.07) is 15.0. The van der Waals surface area contributed by atoms with Crippen LogP contribution in [0.15, 0.2) is 48.5 Å². The van der Waals surface area contributed by atoms with Crippen molar-refractivity contribution >= 4 is 11.9 Å². The van der Waals surface area contributed by atoms with Crippen LogP contribution in [0.5, 0.6) is 0 Å². The Balaban J connectivity index is 1.56. The van der Waals surface area contributed by atoms with Gasteiger partial charge in [-0.3, -0.25) is 4.79 Å². The van der Waals surface area contributed by atoms with Gasteiger partial charge < -0.3 is 10.0 Å². The van der Waals surface area contributed by atoms with E-state index >= 15 is 0 Å². The number of carbonyl (C=O) groups excluding carboxylic acids is 1. The summed E-state index contributed by atoms with van der Waals surface area (Å²) < 4.78 is 0. The molecular formula is C21H23NO3. The van der Waals surface area contributed by atoms with E-state index in [1.54, 1.807) is 24.3 Å². The number of nitrogens with zero attached hydrogens (tertiary/aromatic N) is 1. The fourth-order valence-corrected chi connectivity index (χ4v) is 3.54. The van der Waals surface area contributed by atoms with Gasteiger partial charge in [0.15, 0.2) is 0 Å². The number of carboxylic acid groups (broad SMARTS) is 1. The fraction of sp³-hybridized carbons (Fsp3) is 0.333. The van der Waals surface area contributed by atoms with Gasteiger partial charge in [-0.2, -0.15) is 0 Å². The lowest BCUT2D eigenvalue weighted by Gasteiger charge is -2.33. The number of aromatic carboxylic acids is 1. The molecule has 1 N–H and O–H groups in total. The number of aryl methyl sites for hydroxylation is 1. The molecule has 1 saturated heterocycles. The molecule has 4 nitrogen and oxygen atoms in total. The van der Waals surface area contributed by atoms with Crippen molar-refractivity contribution in [3.8, 4) is 0 Å². The minimum absolute atomic E-state index is 0.117. The highest BCUT2D eigenvalue weighted by Gasteiger charge is 2.24. The van der Waals surface area contributed by atoms with Gasteiger partial charge in [-0.1, -0.05) is 36.4 Å². The van der Waals surface area contributed by atoms with E-state index in [2.05, 4.69) is 31.2 Å². The molecule has 1 amide bonds. The molecule has 0 aliphatic carbocycles. The Bertz CT molecular complexity index is 759. The number of hydrogen-bond acceptors (Lipinski definition) is 2. The third-order valence-corrected chi connectivity index (χ3v) is 5.03. The van der Waals surface area contributed by atoms with Gasteiger partial charge in [-0.05, 0) is 54.5 Å². The lowest BCUT2D eigenvalue weighted by molar-refractivity contribution is -0.131. The predicted molar refractivity (Wildman–Crippen MR) is 96.8 cm³/mol. The molecule has 130 valence electrons. The lowest BCUT2D eigenvalue weighted by Crippen LogP contribution is -2.38. The first-order chi connectivity index (χ1) is 12.0. The minimum atomic E-state index is -0.948. The second kappa shape index (κ2) is 7.51. The number of piperidine rings is 1. The maximum Gasteiger partial charge on any atom is 0.335 e. The molecular weight excluding hydrogens is 314 g/mol. The molecule has 1 aliphatic heterocycles. The Labute approximate surface area is 148 Å². The van der Waals surface area contributed by atoms with Crippen LogP contribution >= 0.6 is 0 Å². The number of amides is 1. The Kier molecular flexibility index (Phi) is 5.17. The highest BCUT2D eigenvalue weighted by atomic mass is 16.4. The average molecular weight is 337 g/mol. The first-order valence-corrected chi connectivity index (χ1v) is 8.70. The summed E-state index contributed by atoms with van der Waals surface area (Å²) in [6.45, 7) is 3.71. The molecule has 1 fully saturated rings. The predicted octanol–water partition coefficient (Wildman–Crippen LogP) is 3.64. The summed E-state index contributed by atoms with van der Waals surface area (Å²) in [5.41, 5.74) is 3.83. The SMILES string of the molecule is Cc1ccccc1C1CCN(C(=O)Cc2ccc(C(=O)O)cc2)CC1. The van der Waals surface area contributed by atoms with Crippen LogP contribution in [0, 0.1) is 6.92 Å². The Morgan fingerprint density at radius 3 is 2.28 bits per heavy atom. The Morgan fingerprint density at radius 2 is 1.68 bits per heavy atom. The van der Waals surface area contributed by atoms with E-state index in [0.717, 1.165) is 31.5 Å². The van der Waals surface area contributed by atoms with Crippen LogP contribution in [-0.2, 0) is 11.2 Å². The molecule has 0 bridgehead atoms. The number of hydrogen-bond donors (Lipinski definition) is 1. The molecule has 1 heterocycles. The van der Waals surface area contributed by atoms with Crippen molar-refractivity contribution in [2.75, 3.05) is 13.1 Å². The van der Waals surface area contributed by atoms with Gasteiger partial charge in [0.25, 0.3) is 0 Å². The van der Waals surface area contributed by atoms with E-state index in [9.17, 15) is 9.59 Å². The zero-order valence-electron chi connectivity index (χ0n) is 14.4. The average Bonchev–Trinajstić information content (AvgIpc) is 2.63. The molecule has 0 saturated carbocycles. The monoisotopic (exact) mass is 337 g/mol. The molecule has 3 rings (SSSR count). The summed E-state index contributed by atoms with van der Waals surface area (Å²) in [6.07, 6.45) is 2.32. The largest absolute Gasteiger partial charge is 0.478 e. The molecule has 0 spiro atoms. The standard InChI is InChI=1S/C21H23NO3/c1-15-4-2-3-5-19(15)17-10-12-22(13-11-17)20(23)14-16-6-8-18(9-7-16)21(24)25/h2-9,17H,10-14H2,1H3,(H,24,25). The third-order valence-electron chi connectivity index (χ3n) is 5.03. The summed E-state index contributed by atoms with van der Waals surface area (Å²) in [7, 11) is 0. The Hall–Kier alpha value is -2.62. The van der Waals surface area contributed by atoms with Crippen LogP contribution in [0.2, 0.25) is 0 Å². The lowest BCUT2D eigenvalue weighted by atomic mass is 9.87. The first-order valence-electron chi connectivity index (χ1n) is 8.70. The molecule has 0 radical (unpaired) electrons. The molecule has 0 unspecified atom stereocenters. The second-order valence-corrected chi connectivity index (χ2v) is 6.69. The normalized spacial score (nSPS) is 15.2. The van der Waals surface area contributed by atoms with Crippen LogP contribution in [0.4, 0.5) is 0 Å². The molecule has 0 aromatic heterocycles. The van der Waals surface area contributed by atoms with E-state index in [-0.39, 0.29) is 11.5 Å². The topological polar surface area (TPSA) is 57.6 Å². The van der Waals surface area contributed by atoms with Crippen molar-refractivity contribution in [1.29, 1.82) is 0 Å². The van der Waals surface area contributed by atoms with Crippen molar-refractivity contribution in [3.63, 3.8) is 0 Å². The van der Waals surface area contributed by atoms with Crippen molar-refractivity contribution < 1.29 is 14.7 Å². The number of benzene rings is 2. The number of rotatable bonds is 4. The molecule has 0 atom stereocenters. The van der Waals surface area contributed by atoms with Gasteiger partial charge in [-0.25, -0.2) is 4.79 Å². The summed E-state index contributed by atoms with van der Waals surface area (Å²) >= 11 is 0. The number of carbonyl (C=O) groups is 2.